The van der Waals surface area contributed by atoms with Gasteiger partial charge in [0.05, 0.1) is 17.6 Å². The number of aromatic amines is 1. The molecule has 0 aliphatic carbocycles. The summed E-state index contributed by atoms with van der Waals surface area (Å²) < 4.78 is 0. The molecule has 0 atom stereocenters. The van der Waals surface area contributed by atoms with Crippen molar-refractivity contribution >= 4 is 5.91 Å². The Hall–Kier alpha value is -1.36. The number of H-pyrrole nitrogens is 1. The quantitative estimate of drug-likeness (QED) is 0.772. The number of imidazole rings is 1. The van der Waals surface area contributed by atoms with Crippen LogP contribution in [0.25, 0.3) is 0 Å². The average molecular weight is 248 g/mol. The minimum Gasteiger partial charge on any atom is -0.348 e. The first-order chi connectivity index (χ1) is 8.78. The van der Waals surface area contributed by atoms with Gasteiger partial charge in [-0.15, -0.1) is 0 Å². The van der Waals surface area contributed by atoms with E-state index in [1.807, 2.05) is 6.92 Å². The van der Waals surface area contributed by atoms with Crippen molar-refractivity contribution in [3.05, 3.63) is 17.7 Å². The van der Waals surface area contributed by atoms with E-state index in [0.29, 0.717) is 6.42 Å². The molecule has 3 heterocycles. The van der Waals surface area contributed by atoms with Gasteiger partial charge in [-0.05, 0) is 25.9 Å². The predicted octanol–water partition coefficient (Wildman–Crippen LogP) is 0.783. The fraction of sp³-hybridized carbons (Fsp3) is 0.692. The number of fused-ring (bicyclic) bond motifs is 2. The van der Waals surface area contributed by atoms with Crippen molar-refractivity contribution in [2.75, 3.05) is 19.6 Å². The highest BCUT2D eigenvalue weighted by molar-refractivity contribution is 5.77. The molecule has 1 fully saturated rings. The van der Waals surface area contributed by atoms with Gasteiger partial charge in [-0.3, -0.25) is 4.79 Å². The van der Waals surface area contributed by atoms with E-state index in [-0.39, 0.29) is 11.4 Å². The lowest BCUT2D eigenvalue weighted by atomic mass is 9.79. The Morgan fingerprint density at radius 2 is 2.28 bits per heavy atom. The van der Waals surface area contributed by atoms with E-state index in [1.165, 1.54) is 5.69 Å². The number of piperidine rings is 1. The highest BCUT2D eigenvalue weighted by Crippen LogP contribution is 2.40. The van der Waals surface area contributed by atoms with E-state index in [2.05, 4.69) is 20.2 Å². The first-order valence-corrected chi connectivity index (χ1v) is 6.82. The molecule has 0 bridgehead atoms. The Labute approximate surface area is 107 Å². The van der Waals surface area contributed by atoms with E-state index >= 15 is 0 Å². The van der Waals surface area contributed by atoms with E-state index in [9.17, 15) is 4.79 Å². The van der Waals surface area contributed by atoms with Gasteiger partial charge in [0.1, 0.15) is 0 Å². The van der Waals surface area contributed by atoms with Crippen molar-refractivity contribution in [2.45, 2.75) is 38.1 Å². The number of nitrogens with zero attached hydrogens (tertiary/aromatic N) is 2. The average Bonchev–Trinajstić information content (AvgIpc) is 2.89. The lowest BCUT2D eigenvalue weighted by molar-refractivity contribution is -0.140. The van der Waals surface area contributed by atoms with Crippen LogP contribution < -0.4 is 5.32 Å². The second kappa shape index (κ2) is 4.39. The Morgan fingerprint density at radius 3 is 3.00 bits per heavy atom. The molecular weight excluding hydrogens is 228 g/mol. The largest absolute Gasteiger partial charge is 0.348 e. The summed E-state index contributed by atoms with van der Waals surface area (Å²) in [6.07, 6.45) is 5.19. The molecule has 1 amide bonds. The van der Waals surface area contributed by atoms with Crippen LogP contribution in [0.15, 0.2) is 6.33 Å². The lowest BCUT2D eigenvalue weighted by Crippen LogP contribution is -2.57. The van der Waals surface area contributed by atoms with E-state index in [4.69, 9.17) is 0 Å². The zero-order chi connectivity index (χ0) is 12.6. The molecule has 18 heavy (non-hydrogen) atoms. The maximum absolute atomic E-state index is 12.2. The molecule has 0 unspecified atom stereocenters. The highest BCUT2D eigenvalue weighted by Gasteiger charge is 2.46. The minimum absolute atomic E-state index is 0.161. The molecule has 1 saturated heterocycles. The fourth-order valence-electron chi connectivity index (χ4n) is 3.38. The van der Waals surface area contributed by atoms with Crippen molar-refractivity contribution in [3.63, 3.8) is 0 Å². The van der Waals surface area contributed by atoms with Crippen LogP contribution in [-0.2, 0) is 16.8 Å². The number of hydrogen-bond acceptors (Lipinski definition) is 3. The number of rotatable bonds is 1. The van der Waals surface area contributed by atoms with Crippen LogP contribution in [0.5, 0.6) is 0 Å². The van der Waals surface area contributed by atoms with Crippen LogP contribution in [0, 0.1) is 0 Å². The third kappa shape index (κ3) is 1.57. The molecule has 0 aromatic carbocycles. The number of carbonyl (C=O) groups is 1. The highest BCUT2D eigenvalue weighted by atomic mass is 16.2. The molecule has 2 aliphatic rings. The van der Waals surface area contributed by atoms with Crippen molar-refractivity contribution in [2.24, 2.45) is 0 Å². The summed E-state index contributed by atoms with van der Waals surface area (Å²) in [5.74, 6) is 0.255. The second-order valence-electron chi connectivity index (χ2n) is 5.16. The first-order valence-electron chi connectivity index (χ1n) is 6.82. The zero-order valence-electron chi connectivity index (χ0n) is 10.8. The smallest absolute Gasteiger partial charge is 0.223 e. The minimum atomic E-state index is -0.161. The molecule has 5 heteroatoms. The third-order valence-electron chi connectivity index (χ3n) is 4.30. The van der Waals surface area contributed by atoms with E-state index in [1.54, 1.807) is 6.33 Å². The number of amides is 1. The van der Waals surface area contributed by atoms with Gasteiger partial charge in [-0.25, -0.2) is 4.98 Å². The maximum Gasteiger partial charge on any atom is 0.223 e. The third-order valence-corrected chi connectivity index (χ3v) is 4.30. The second-order valence-corrected chi connectivity index (χ2v) is 5.16. The van der Waals surface area contributed by atoms with Crippen LogP contribution in [0.3, 0.4) is 0 Å². The summed E-state index contributed by atoms with van der Waals surface area (Å²) in [6.45, 7) is 4.68. The van der Waals surface area contributed by atoms with Crippen LogP contribution in [0.1, 0.15) is 37.6 Å². The molecule has 1 spiro atoms. The van der Waals surface area contributed by atoms with Crippen molar-refractivity contribution in [3.8, 4) is 0 Å². The number of carbonyl (C=O) groups excluding carboxylic acids is 1. The van der Waals surface area contributed by atoms with Crippen molar-refractivity contribution in [1.29, 1.82) is 0 Å². The van der Waals surface area contributed by atoms with Crippen LogP contribution >= 0.6 is 0 Å². The summed E-state index contributed by atoms with van der Waals surface area (Å²) in [7, 11) is 0. The SMILES string of the molecule is CCC(=O)N1CCc2[nH]cnc2C12CCNCC2. The standard InChI is InChI=1S/C13H20N4O/c1-2-11(18)17-8-3-10-12(16-9-15-10)13(17)4-6-14-7-5-13/h9,14H,2-8H2,1H3,(H,15,16). The van der Waals surface area contributed by atoms with Crippen molar-refractivity contribution < 1.29 is 4.79 Å². The summed E-state index contributed by atoms with van der Waals surface area (Å²) in [5.41, 5.74) is 2.17. The van der Waals surface area contributed by atoms with Gasteiger partial charge in [-0.2, -0.15) is 0 Å². The van der Waals surface area contributed by atoms with Gasteiger partial charge < -0.3 is 15.2 Å². The predicted molar refractivity (Wildman–Crippen MR) is 68.1 cm³/mol. The van der Waals surface area contributed by atoms with Crippen LogP contribution in [0.2, 0.25) is 0 Å². The molecule has 1 aromatic rings. The van der Waals surface area contributed by atoms with Crippen LogP contribution in [0.4, 0.5) is 0 Å². The van der Waals surface area contributed by atoms with E-state index in [0.717, 1.165) is 44.6 Å². The van der Waals surface area contributed by atoms with Crippen molar-refractivity contribution in [1.82, 2.24) is 20.2 Å². The molecular formula is C13H20N4O. The molecule has 2 N–H and O–H groups in total. The van der Waals surface area contributed by atoms with Gasteiger partial charge in [0, 0.05) is 25.1 Å². The summed E-state index contributed by atoms with van der Waals surface area (Å²) in [6, 6.07) is 0. The van der Waals surface area contributed by atoms with E-state index < -0.39 is 0 Å². The van der Waals surface area contributed by atoms with Gasteiger partial charge in [-0.1, -0.05) is 6.92 Å². The van der Waals surface area contributed by atoms with Gasteiger partial charge in [0.25, 0.3) is 0 Å². The molecule has 0 saturated carbocycles. The molecule has 1 aromatic heterocycles. The normalized spacial score (nSPS) is 21.9. The summed E-state index contributed by atoms with van der Waals surface area (Å²) in [4.78, 5) is 22.1. The molecule has 3 rings (SSSR count). The first kappa shape index (κ1) is 11.7. The lowest BCUT2D eigenvalue weighted by Gasteiger charge is -2.48. The number of hydrogen-bond donors (Lipinski definition) is 2. The summed E-state index contributed by atoms with van der Waals surface area (Å²) >= 11 is 0. The monoisotopic (exact) mass is 248 g/mol. The Balaban J connectivity index is 2.04. The molecule has 5 nitrogen and oxygen atoms in total. The summed E-state index contributed by atoms with van der Waals surface area (Å²) in [5, 5.41) is 3.38. The Bertz CT molecular complexity index is 448. The topological polar surface area (TPSA) is 61.0 Å². The fourth-order valence-corrected chi connectivity index (χ4v) is 3.38. The maximum atomic E-state index is 12.2. The van der Waals surface area contributed by atoms with Crippen LogP contribution in [-0.4, -0.2) is 40.4 Å². The zero-order valence-corrected chi connectivity index (χ0v) is 10.8. The number of nitrogens with one attached hydrogen (secondary N) is 2. The molecule has 98 valence electrons. The molecule has 0 radical (unpaired) electrons. The number of aromatic nitrogens is 2. The van der Waals surface area contributed by atoms with Gasteiger partial charge >= 0.3 is 0 Å². The van der Waals surface area contributed by atoms with Gasteiger partial charge in [0.2, 0.25) is 5.91 Å². The Morgan fingerprint density at radius 1 is 1.50 bits per heavy atom. The Kier molecular flexibility index (Phi) is 2.86. The van der Waals surface area contributed by atoms with Gasteiger partial charge in [0.15, 0.2) is 0 Å². The molecule has 2 aliphatic heterocycles.